The summed E-state index contributed by atoms with van der Waals surface area (Å²) < 4.78 is 0. The molecule has 1 aliphatic rings. The number of nitrogens with zero attached hydrogens (tertiary/aromatic N) is 1. The number of carbonyl (C=O) groups is 1. The molecular formula is C25H35N3O. The monoisotopic (exact) mass is 393 g/mol. The molecule has 0 aromatic heterocycles. The van der Waals surface area contributed by atoms with E-state index in [1.165, 1.54) is 5.56 Å². The van der Waals surface area contributed by atoms with Crippen molar-refractivity contribution in [2.45, 2.75) is 40.2 Å². The first-order chi connectivity index (χ1) is 14.0. The van der Waals surface area contributed by atoms with Crippen molar-refractivity contribution in [3.8, 4) is 0 Å². The van der Waals surface area contributed by atoms with E-state index in [-0.39, 0.29) is 11.9 Å². The van der Waals surface area contributed by atoms with Crippen LogP contribution in [0.4, 0.5) is 11.4 Å². The maximum atomic E-state index is 12.3. The van der Waals surface area contributed by atoms with E-state index in [2.05, 4.69) is 42.8 Å². The van der Waals surface area contributed by atoms with Gasteiger partial charge in [0.05, 0.1) is 11.7 Å². The van der Waals surface area contributed by atoms with Gasteiger partial charge in [-0.25, -0.2) is 5.01 Å². The number of benzene rings is 2. The highest BCUT2D eigenvalue weighted by molar-refractivity contribution is 6.04. The van der Waals surface area contributed by atoms with Gasteiger partial charge in [-0.3, -0.25) is 4.79 Å². The minimum Gasteiger partial charge on any atom is -0.322 e. The van der Waals surface area contributed by atoms with Crippen molar-refractivity contribution in [1.29, 1.82) is 0 Å². The molecule has 4 heteroatoms. The SMILES string of the molecule is C=CC(C)C1c2cc(NC(=O)c3ccccc3)ccc2NN1C.C=CCC.CC. The number of carbonyl (C=O) groups excluding carboxylic acids is 1. The smallest absolute Gasteiger partial charge is 0.255 e. The normalized spacial score (nSPS) is 15.3. The molecule has 0 spiro atoms. The minimum absolute atomic E-state index is 0.0989. The van der Waals surface area contributed by atoms with E-state index in [4.69, 9.17) is 0 Å². The quantitative estimate of drug-likeness (QED) is 0.557. The number of rotatable bonds is 5. The fourth-order valence-corrected chi connectivity index (χ4v) is 3.01. The molecule has 0 fully saturated rings. The number of anilines is 2. The van der Waals surface area contributed by atoms with E-state index in [9.17, 15) is 4.79 Å². The van der Waals surface area contributed by atoms with Crippen LogP contribution in [0.15, 0.2) is 73.8 Å². The summed E-state index contributed by atoms with van der Waals surface area (Å²) in [7, 11) is 2.02. The molecule has 2 N–H and O–H groups in total. The fraction of sp³-hybridized carbons (Fsp3) is 0.320. The number of fused-ring (bicyclic) bond motifs is 1. The van der Waals surface area contributed by atoms with Crippen molar-refractivity contribution in [2.75, 3.05) is 17.8 Å². The lowest BCUT2D eigenvalue weighted by Crippen LogP contribution is -2.26. The molecule has 0 bridgehead atoms. The van der Waals surface area contributed by atoms with Gasteiger partial charge < -0.3 is 10.7 Å². The van der Waals surface area contributed by atoms with Crippen LogP contribution in [0.2, 0.25) is 0 Å². The molecule has 0 radical (unpaired) electrons. The van der Waals surface area contributed by atoms with Crippen LogP contribution in [0, 0.1) is 5.92 Å². The zero-order valence-electron chi connectivity index (χ0n) is 18.4. The number of hydrogen-bond acceptors (Lipinski definition) is 3. The highest BCUT2D eigenvalue weighted by Gasteiger charge is 2.30. The van der Waals surface area contributed by atoms with E-state index < -0.39 is 0 Å². The largest absolute Gasteiger partial charge is 0.322 e. The van der Waals surface area contributed by atoms with E-state index in [0.29, 0.717) is 11.5 Å². The van der Waals surface area contributed by atoms with E-state index in [1.807, 2.05) is 69.4 Å². The second-order valence-corrected chi connectivity index (χ2v) is 6.58. The Balaban J connectivity index is 0.000000627. The van der Waals surface area contributed by atoms with Crippen LogP contribution in [-0.4, -0.2) is 18.0 Å². The molecule has 3 rings (SSSR count). The Morgan fingerprint density at radius 1 is 1.21 bits per heavy atom. The Labute approximate surface area is 176 Å². The van der Waals surface area contributed by atoms with Gasteiger partial charge in [0.25, 0.3) is 5.91 Å². The Morgan fingerprint density at radius 2 is 1.83 bits per heavy atom. The molecule has 1 amide bonds. The summed E-state index contributed by atoms with van der Waals surface area (Å²) in [6.45, 7) is 15.6. The molecule has 1 heterocycles. The molecule has 2 aromatic rings. The summed E-state index contributed by atoms with van der Waals surface area (Å²) >= 11 is 0. The fourth-order valence-electron chi connectivity index (χ4n) is 3.01. The highest BCUT2D eigenvalue weighted by Crippen LogP contribution is 2.40. The summed E-state index contributed by atoms with van der Waals surface area (Å²) in [5, 5.41) is 5.05. The van der Waals surface area contributed by atoms with Crippen LogP contribution >= 0.6 is 0 Å². The second kappa shape index (κ2) is 12.6. The number of amides is 1. The Morgan fingerprint density at radius 3 is 2.38 bits per heavy atom. The third-order valence-corrected chi connectivity index (χ3v) is 4.54. The summed E-state index contributed by atoms with van der Waals surface area (Å²) in [5.41, 5.74) is 7.05. The number of hydrogen-bond donors (Lipinski definition) is 2. The predicted molar refractivity (Wildman–Crippen MR) is 126 cm³/mol. The lowest BCUT2D eigenvalue weighted by molar-refractivity contribution is 0.102. The van der Waals surface area contributed by atoms with Gasteiger partial charge in [0, 0.05) is 18.3 Å². The number of hydrazine groups is 1. The average molecular weight is 394 g/mol. The molecule has 4 nitrogen and oxygen atoms in total. The van der Waals surface area contributed by atoms with Gasteiger partial charge in [0.15, 0.2) is 0 Å². The molecule has 156 valence electrons. The molecule has 1 aliphatic heterocycles. The van der Waals surface area contributed by atoms with Gasteiger partial charge in [-0.15, -0.1) is 13.2 Å². The summed E-state index contributed by atoms with van der Waals surface area (Å²) in [6, 6.07) is 15.4. The lowest BCUT2D eigenvalue weighted by Gasteiger charge is -2.24. The standard InChI is InChI=1S/C19H21N3O.C4H8.C2H6/c1-4-13(2)18-16-12-15(10-11-17(16)21-22(18)3)20-19(23)14-8-6-5-7-9-14;1-3-4-2;1-2/h4-13,18,21H,1H2,2-3H3,(H,20,23);3H,1,4H2,2H3;1-2H3. The molecule has 2 aromatic carbocycles. The zero-order chi connectivity index (χ0) is 21.8. The van der Waals surface area contributed by atoms with Gasteiger partial charge >= 0.3 is 0 Å². The maximum absolute atomic E-state index is 12.3. The molecule has 0 saturated heterocycles. The van der Waals surface area contributed by atoms with Gasteiger partial charge in [-0.05, 0) is 48.2 Å². The third kappa shape index (κ3) is 6.61. The van der Waals surface area contributed by atoms with Crippen molar-refractivity contribution in [3.63, 3.8) is 0 Å². The van der Waals surface area contributed by atoms with E-state index in [1.54, 1.807) is 12.1 Å². The molecule has 0 saturated carbocycles. The van der Waals surface area contributed by atoms with Crippen molar-refractivity contribution in [2.24, 2.45) is 5.92 Å². The first kappa shape index (κ1) is 24.2. The molecular weight excluding hydrogens is 358 g/mol. The van der Waals surface area contributed by atoms with Crippen LogP contribution < -0.4 is 10.7 Å². The van der Waals surface area contributed by atoms with Crippen LogP contribution in [0.3, 0.4) is 0 Å². The van der Waals surface area contributed by atoms with Crippen molar-refractivity contribution in [3.05, 3.63) is 85.0 Å². The van der Waals surface area contributed by atoms with E-state index >= 15 is 0 Å². The molecule has 0 aliphatic carbocycles. The van der Waals surface area contributed by atoms with Gasteiger partial charge in [-0.1, -0.05) is 58.0 Å². The zero-order valence-corrected chi connectivity index (χ0v) is 18.4. The Bertz CT molecular complexity index is 786. The van der Waals surface area contributed by atoms with Crippen molar-refractivity contribution < 1.29 is 4.79 Å². The van der Waals surface area contributed by atoms with Crippen LogP contribution in [0.5, 0.6) is 0 Å². The summed E-state index contributed by atoms with van der Waals surface area (Å²) in [4.78, 5) is 12.3. The van der Waals surface area contributed by atoms with Crippen LogP contribution in [-0.2, 0) is 0 Å². The molecule has 2 atom stereocenters. The van der Waals surface area contributed by atoms with Crippen LogP contribution in [0.1, 0.15) is 56.1 Å². The minimum atomic E-state index is -0.0989. The summed E-state index contributed by atoms with van der Waals surface area (Å²) in [6.07, 6.45) is 4.91. The Hall–Kier alpha value is -2.85. The first-order valence-electron chi connectivity index (χ1n) is 10.2. The van der Waals surface area contributed by atoms with Gasteiger partial charge in [-0.2, -0.15) is 0 Å². The average Bonchev–Trinajstić information content (AvgIpc) is 3.10. The third-order valence-electron chi connectivity index (χ3n) is 4.54. The number of nitrogens with one attached hydrogen (secondary N) is 2. The summed E-state index contributed by atoms with van der Waals surface area (Å²) in [5.74, 6) is 0.201. The maximum Gasteiger partial charge on any atom is 0.255 e. The highest BCUT2D eigenvalue weighted by atomic mass is 16.1. The first-order valence-corrected chi connectivity index (χ1v) is 10.2. The van der Waals surface area contributed by atoms with E-state index in [0.717, 1.165) is 17.8 Å². The van der Waals surface area contributed by atoms with Gasteiger partial charge in [0.1, 0.15) is 0 Å². The van der Waals surface area contributed by atoms with Gasteiger partial charge in [0.2, 0.25) is 0 Å². The molecule has 2 unspecified atom stereocenters. The topological polar surface area (TPSA) is 44.4 Å². The molecule has 29 heavy (non-hydrogen) atoms. The predicted octanol–water partition coefficient (Wildman–Crippen LogP) is 6.68. The van der Waals surface area contributed by atoms with Crippen LogP contribution in [0.25, 0.3) is 0 Å². The Kier molecular flexibility index (Phi) is 10.5. The van der Waals surface area contributed by atoms with Crippen molar-refractivity contribution in [1.82, 2.24) is 5.01 Å². The second-order valence-electron chi connectivity index (χ2n) is 6.58. The van der Waals surface area contributed by atoms with Crippen molar-refractivity contribution >= 4 is 17.3 Å². The number of allylic oxidation sites excluding steroid dienone is 1. The lowest BCUT2D eigenvalue weighted by atomic mass is 9.94.